The van der Waals surface area contributed by atoms with Crippen molar-refractivity contribution in [1.29, 1.82) is 0 Å². The fourth-order valence-corrected chi connectivity index (χ4v) is 1.45. The molecule has 2 N–H and O–H groups in total. The van der Waals surface area contributed by atoms with Crippen LogP contribution in [-0.4, -0.2) is 18.2 Å². The van der Waals surface area contributed by atoms with E-state index < -0.39 is 0 Å². The summed E-state index contributed by atoms with van der Waals surface area (Å²) in [5.41, 5.74) is 5.77. The molecule has 0 rings (SSSR count). The second-order valence-electron chi connectivity index (χ2n) is 4.19. The predicted molar refractivity (Wildman–Crippen MR) is 57.8 cm³/mol. The van der Waals surface area contributed by atoms with E-state index in [9.17, 15) is 0 Å². The van der Waals surface area contributed by atoms with Crippen molar-refractivity contribution in [3.05, 3.63) is 0 Å². The second-order valence-corrected chi connectivity index (χ2v) is 4.19. The van der Waals surface area contributed by atoms with E-state index in [0.29, 0.717) is 0 Å². The van der Waals surface area contributed by atoms with Crippen molar-refractivity contribution in [3.8, 4) is 0 Å². The first-order valence-corrected chi connectivity index (χ1v) is 5.43. The van der Waals surface area contributed by atoms with Crippen LogP contribution in [0.4, 0.5) is 0 Å². The number of ether oxygens (including phenoxy) is 1. The third-order valence-corrected chi connectivity index (χ3v) is 2.45. The van der Waals surface area contributed by atoms with Gasteiger partial charge in [0.05, 0.1) is 5.60 Å². The van der Waals surface area contributed by atoms with Gasteiger partial charge < -0.3 is 10.5 Å². The van der Waals surface area contributed by atoms with Crippen molar-refractivity contribution >= 4 is 0 Å². The molecule has 0 aromatic carbocycles. The quantitative estimate of drug-likeness (QED) is 0.622. The standard InChI is InChI=1S/C11H25NO/c1-5-7-8-13-11(4,6-2)9-10(3)12/h10H,5-9,12H2,1-4H3. The summed E-state index contributed by atoms with van der Waals surface area (Å²) in [6, 6.07) is 0.228. The summed E-state index contributed by atoms with van der Waals surface area (Å²) in [6.07, 6.45) is 4.33. The molecule has 0 aliphatic carbocycles. The lowest BCUT2D eigenvalue weighted by Crippen LogP contribution is -2.35. The highest BCUT2D eigenvalue weighted by Crippen LogP contribution is 2.21. The molecular formula is C11H25NO. The third-order valence-electron chi connectivity index (χ3n) is 2.45. The molecule has 13 heavy (non-hydrogen) atoms. The van der Waals surface area contributed by atoms with E-state index in [2.05, 4.69) is 20.8 Å². The number of hydrogen-bond donors (Lipinski definition) is 1. The highest BCUT2D eigenvalue weighted by atomic mass is 16.5. The Hall–Kier alpha value is -0.0800. The molecule has 0 saturated heterocycles. The molecule has 2 atom stereocenters. The largest absolute Gasteiger partial charge is 0.375 e. The lowest BCUT2D eigenvalue weighted by molar-refractivity contribution is -0.0445. The maximum atomic E-state index is 5.85. The van der Waals surface area contributed by atoms with Crippen LogP contribution in [0.2, 0.25) is 0 Å². The molecule has 2 nitrogen and oxygen atoms in total. The molecule has 0 aliphatic rings. The molecule has 0 radical (unpaired) electrons. The van der Waals surface area contributed by atoms with Gasteiger partial charge in [-0.3, -0.25) is 0 Å². The summed E-state index contributed by atoms with van der Waals surface area (Å²) in [5, 5.41) is 0. The maximum Gasteiger partial charge on any atom is 0.0666 e. The van der Waals surface area contributed by atoms with Crippen LogP contribution in [0, 0.1) is 0 Å². The van der Waals surface area contributed by atoms with Crippen molar-refractivity contribution in [2.24, 2.45) is 5.73 Å². The van der Waals surface area contributed by atoms with Crippen LogP contribution in [0.15, 0.2) is 0 Å². The first-order valence-electron chi connectivity index (χ1n) is 5.43. The molecule has 0 fully saturated rings. The lowest BCUT2D eigenvalue weighted by Gasteiger charge is -2.30. The average Bonchev–Trinajstić information content (AvgIpc) is 2.04. The van der Waals surface area contributed by atoms with Gasteiger partial charge in [-0.05, 0) is 33.1 Å². The Morgan fingerprint density at radius 1 is 1.38 bits per heavy atom. The van der Waals surface area contributed by atoms with Gasteiger partial charge in [0.1, 0.15) is 0 Å². The summed E-state index contributed by atoms with van der Waals surface area (Å²) in [7, 11) is 0. The Balaban J connectivity index is 3.81. The topological polar surface area (TPSA) is 35.2 Å². The maximum absolute atomic E-state index is 5.85. The minimum Gasteiger partial charge on any atom is -0.375 e. The normalized spacial score (nSPS) is 18.2. The first kappa shape index (κ1) is 12.9. The highest BCUT2D eigenvalue weighted by Gasteiger charge is 2.23. The Morgan fingerprint density at radius 2 is 2.00 bits per heavy atom. The van der Waals surface area contributed by atoms with Gasteiger partial charge in [-0.25, -0.2) is 0 Å². The highest BCUT2D eigenvalue weighted by molar-refractivity contribution is 4.77. The molecule has 2 unspecified atom stereocenters. The van der Waals surface area contributed by atoms with E-state index in [-0.39, 0.29) is 11.6 Å². The Labute approximate surface area is 82.8 Å². The number of hydrogen-bond acceptors (Lipinski definition) is 2. The van der Waals surface area contributed by atoms with Crippen molar-refractivity contribution in [2.45, 2.75) is 65.0 Å². The van der Waals surface area contributed by atoms with E-state index in [1.165, 1.54) is 6.42 Å². The van der Waals surface area contributed by atoms with Crippen LogP contribution >= 0.6 is 0 Å². The summed E-state index contributed by atoms with van der Waals surface area (Å²) >= 11 is 0. The molecular weight excluding hydrogens is 162 g/mol. The van der Waals surface area contributed by atoms with Crippen LogP contribution < -0.4 is 5.73 Å². The molecule has 0 spiro atoms. The van der Waals surface area contributed by atoms with Gasteiger partial charge in [0.25, 0.3) is 0 Å². The van der Waals surface area contributed by atoms with Crippen molar-refractivity contribution in [2.75, 3.05) is 6.61 Å². The van der Waals surface area contributed by atoms with Gasteiger partial charge in [0.2, 0.25) is 0 Å². The SMILES string of the molecule is CCCCOC(C)(CC)CC(C)N. The van der Waals surface area contributed by atoms with E-state index in [1.807, 2.05) is 6.92 Å². The third kappa shape index (κ3) is 6.05. The van der Waals surface area contributed by atoms with Crippen molar-refractivity contribution in [3.63, 3.8) is 0 Å². The van der Waals surface area contributed by atoms with E-state index in [4.69, 9.17) is 10.5 Å². The Morgan fingerprint density at radius 3 is 2.38 bits per heavy atom. The molecule has 0 amide bonds. The number of nitrogens with two attached hydrogens (primary N) is 1. The van der Waals surface area contributed by atoms with Gasteiger partial charge in [-0.1, -0.05) is 20.3 Å². The number of unbranched alkanes of at least 4 members (excludes halogenated alkanes) is 1. The van der Waals surface area contributed by atoms with Gasteiger partial charge >= 0.3 is 0 Å². The predicted octanol–water partition coefficient (Wildman–Crippen LogP) is 2.71. The zero-order valence-electron chi connectivity index (χ0n) is 9.60. The minimum atomic E-state index is -0.0106. The number of rotatable bonds is 7. The van der Waals surface area contributed by atoms with E-state index in [0.717, 1.165) is 25.9 Å². The molecule has 0 aromatic heterocycles. The fraction of sp³-hybridized carbons (Fsp3) is 1.00. The smallest absolute Gasteiger partial charge is 0.0666 e. The lowest BCUT2D eigenvalue weighted by atomic mass is 9.95. The molecule has 0 aliphatic heterocycles. The molecule has 80 valence electrons. The van der Waals surface area contributed by atoms with Crippen LogP contribution in [-0.2, 0) is 4.74 Å². The molecule has 0 aromatic rings. The summed E-state index contributed by atoms with van der Waals surface area (Å²) in [4.78, 5) is 0. The summed E-state index contributed by atoms with van der Waals surface area (Å²) in [6.45, 7) is 9.41. The summed E-state index contributed by atoms with van der Waals surface area (Å²) < 4.78 is 5.85. The van der Waals surface area contributed by atoms with Crippen LogP contribution in [0.25, 0.3) is 0 Å². The van der Waals surface area contributed by atoms with Gasteiger partial charge in [-0.15, -0.1) is 0 Å². The van der Waals surface area contributed by atoms with E-state index >= 15 is 0 Å². The molecule has 0 heterocycles. The molecule has 2 heteroatoms. The van der Waals surface area contributed by atoms with Gasteiger partial charge in [0, 0.05) is 12.6 Å². The monoisotopic (exact) mass is 187 g/mol. The minimum absolute atomic E-state index is 0.0106. The van der Waals surface area contributed by atoms with Gasteiger partial charge in [0.15, 0.2) is 0 Å². The average molecular weight is 187 g/mol. The zero-order valence-corrected chi connectivity index (χ0v) is 9.60. The Bertz CT molecular complexity index is 125. The Kier molecular flexibility index (Phi) is 6.35. The van der Waals surface area contributed by atoms with Crippen LogP contribution in [0.5, 0.6) is 0 Å². The molecule has 0 saturated carbocycles. The van der Waals surface area contributed by atoms with Crippen molar-refractivity contribution < 1.29 is 4.74 Å². The zero-order chi connectivity index (χ0) is 10.3. The first-order chi connectivity index (χ1) is 6.04. The van der Waals surface area contributed by atoms with Gasteiger partial charge in [-0.2, -0.15) is 0 Å². The van der Waals surface area contributed by atoms with Crippen LogP contribution in [0.1, 0.15) is 53.4 Å². The fourth-order valence-electron chi connectivity index (χ4n) is 1.45. The van der Waals surface area contributed by atoms with Crippen LogP contribution in [0.3, 0.4) is 0 Å². The van der Waals surface area contributed by atoms with Crippen molar-refractivity contribution in [1.82, 2.24) is 0 Å². The summed E-state index contributed by atoms with van der Waals surface area (Å²) in [5.74, 6) is 0. The molecule has 0 bridgehead atoms. The van der Waals surface area contributed by atoms with E-state index in [1.54, 1.807) is 0 Å². The second kappa shape index (κ2) is 6.39.